The predicted octanol–water partition coefficient (Wildman–Crippen LogP) is 1.35. The zero-order valence-corrected chi connectivity index (χ0v) is 11.9. The minimum atomic E-state index is -0.391. The topological polar surface area (TPSA) is 61.8 Å². The van der Waals surface area contributed by atoms with Crippen LogP contribution in [-0.4, -0.2) is 55.8 Å². The molecule has 0 saturated carbocycles. The Labute approximate surface area is 123 Å². The molecule has 1 unspecified atom stereocenters. The Morgan fingerprint density at radius 3 is 2.67 bits per heavy atom. The fourth-order valence-corrected chi connectivity index (χ4v) is 2.60. The molecule has 1 fully saturated rings. The van der Waals surface area contributed by atoms with E-state index in [1.807, 2.05) is 4.90 Å². The Kier molecular flexibility index (Phi) is 6.53. The summed E-state index contributed by atoms with van der Waals surface area (Å²) in [5, 5.41) is 20.3. The van der Waals surface area contributed by atoms with E-state index in [-0.39, 0.29) is 31.5 Å². The van der Waals surface area contributed by atoms with Crippen molar-refractivity contribution in [2.45, 2.75) is 18.8 Å². The van der Waals surface area contributed by atoms with Crippen molar-refractivity contribution in [1.29, 1.82) is 0 Å². The number of halogens is 1. The summed E-state index contributed by atoms with van der Waals surface area (Å²) in [6.45, 7) is 1.42. The summed E-state index contributed by atoms with van der Waals surface area (Å²) < 4.78 is 24.8. The van der Waals surface area contributed by atoms with Gasteiger partial charge < -0.3 is 14.6 Å². The zero-order chi connectivity index (χ0) is 15.1. The average molecular weight is 298 g/mol. The molecule has 1 aromatic rings. The Morgan fingerprint density at radius 1 is 1.33 bits per heavy atom. The molecule has 1 N–H and O–H groups in total. The fraction of sp³-hybridized carbons (Fsp3) is 0.600. The van der Waals surface area contributed by atoms with Crippen molar-refractivity contribution in [1.82, 2.24) is 4.90 Å². The molecule has 2 rings (SSSR count). The molecule has 5 nitrogen and oxygen atoms in total. The molecule has 1 aromatic carbocycles. The van der Waals surface area contributed by atoms with Crippen LogP contribution < -0.4 is 0 Å². The number of hydrogen-bond acceptors (Lipinski definition) is 4. The molecule has 1 aliphatic rings. The molecule has 21 heavy (non-hydrogen) atoms. The van der Waals surface area contributed by atoms with E-state index >= 15 is 0 Å². The summed E-state index contributed by atoms with van der Waals surface area (Å²) in [6.07, 6.45) is -0.120. The monoisotopic (exact) mass is 298 g/mol. The minimum absolute atomic E-state index is 0.0729. The molecule has 0 spiro atoms. The maximum absolute atomic E-state index is 14.0. The molecule has 0 amide bonds. The molecule has 1 atom stereocenters. The molecule has 117 valence electrons. The molecule has 1 radical (unpaired) electrons. The largest absolute Gasteiger partial charge is 0.395 e. The van der Waals surface area contributed by atoms with E-state index in [0.717, 1.165) is 0 Å². The van der Waals surface area contributed by atoms with Crippen LogP contribution >= 0.6 is 0 Å². The maximum Gasteiger partial charge on any atom is 0.170 e. The number of benzene rings is 1. The van der Waals surface area contributed by atoms with Crippen molar-refractivity contribution < 1.29 is 24.1 Å². The molecule has 0 aromatic heterocycles. The van der Waals surface area contributed by atoms with Crippen molar-refractivity contribution in [3.05, 3.63) is 35.6 Å². The van der Waals surface area contributed by atoms with Gasteiger partial charge in [0.1, 0.15) is 5.82 Å². The molecule has 1 aliphatic heterocycles. The SMILES string of the molecule is [O]CCC(c1ccccc1F)N(CCO)CC1OCCO1. The highest BCUT2D eigenvalue weighted by Crippen LogP contribution is 2.27. The summed E-state index contributed by atoms with van der Waals surface area (Å²) >= 11 is 0. The summed E-state index contributed by atoms with van der Waals surface area (Å²) in [6, 6.07) is 6.04. The van der Waals surface area contributed by atoms with Crippen LogP contribution in [0.15, 0.2) is 24.3 Å². The second-order valence-electron chi connectivity index (χ2n) is 4.92. The minimum Gasteiger partial charge on any atom is -0.395 e. The van der Waals surface area contributed by atoms with Gasteiger partial charge >= 0.3 is 0 Å². The smallest absolute Gasteiger partial charge is 0.170 e. The molecule has 6 heteroatoms. The Morgan fingerprint density at radius 2 is 2.05 bits per heavy atom. The standard InChI is InChI=1S/C15H21FNO4/c16-13-4-2-1-3-12(13)14(5-7-18)17(6-8-19)11-15-20-9-10-21-15/h1-4,14-15,19H,5-11H2. The first-order chi connectivity index (χ1) is 10.3. The molecule has 1 saturated heterocycles. The van der Waals surface area contributed by atoms with Crippen LogP contribution in [0.25, 0.3) is 0 Å². The van der Waals surface area contributed by atoms with E-state index in [4.69, 9.17) is 9.47 Å². The lowest BCUT2D eigenvalue weighted by molar-refractivity contribution is -0.0729. The highest BCUT2D eigenvalue weighted by Gasteiger charge is 2.27. The van der Waals surface area contributed by atoms with Crippen molar-refractivity contribution in [3.63, 3.8) is 0 Å². The van der Waals surface area contributed by atoms with Gasteiger partial charge in [0.2, 0.25) is 0 Å². The van der Waals surface area contributed by atoms with E-state index in [2.05, 4.69) is 0 Å². The third-order valence-electron chi connectivity index (χ3n) is 3.56. The Balaban J connectivity index is 2.16. The number of aliphatic hydroxyl groups excluding tert-OH is 1. The number of aliphatic hydroxyl groups is 1. The molecule has 1 heterocycles. The van der Waals surface area contributed by atoms with Crippen LogP contribution in [0.1, 0.15) is 18.0 Å². The number of hydrogen-bond donors (Lipinski definition) is 1. The van der Waals surface area contributed by atoms with Gasteiger partial charge in [-0.05, 0) is 12.5 Å². The normalized spacial score (nSPS) is 17.5. The lowest BCUT2D eigenvalue weighted by Crippen LogP contribution is -2.38. The van der Waals surface area contributed by atoms with E-state index in [1.165, 1.54) is 6.07 Å². The number of rotatable bonds is 8. The van der Waals surface area contributed by atoms with Gasteiger partial charge in [0.25, 0.3) is 0 Å². The van der Waals surface area contributed by atoms with Gasteiger partial charge in [-0.15, -0.1) is 0 Å². The summed E-state index contributed by atoms with van der Waals surface area (Å²) in [5.41, 5.74) is 0.472. The van der Waals surface area contributed by atoms with E-state index in [0.29, 0.717) is 31.9 Å². The molecule has 0 bridgehead atoms. The molecule has 0 aliphatic carbocycles. The van der Waals surface area contributed by atoms with Crippen LogP contribution in [0.4, 0.5) is 4.39 Å². The maximum atomic E-state index is 14.0. The van der Waals surface area contributed by atoms with Gasteiger partial charge in [-0.2, -0.15) is 0 Å². The van der Waals surface area contributed by atoms with Gasteiger partial charge in [-0.3, -0.25) is 4.90 Å². The van der Waals surface area contributed by atoms with Crippen molar-refractivity contribution in [2.75, 3.05) is 39.5 Å². The average Bonchev–Trinajstić information content (AvgIpc) is 2.98. The quantitative estimate of drug-likeness (QED) is 0.787. The van der Waals surface area contributed by atoms with Crippen molar-refractivity contribution >= 4 is 0 Å². The summed E-state index contributed by atoms with van der Waals surface area (Å²) in [5.74, 6) is -0.341. The van der Waals surface area contributed by atoms with Gasteiger partial charge in [-0.25, -0.2) is 9.50 Å². The van der Waals surface area contributed by atoms with Gasteiger partial charge in [0.05, 0.1) is 33.0 Å². The van der Waals surface area contributed by atoms with Crippen LogP contribution in [0, 0.1) is 5.82 Å². The van der Waals surface area contributed by atoms with Crippen molar-refractivity contribution in [3.8, 4) is 0 Å². The van der Waals surface area contributed by atoms with Gasteiger partial charge in [-0.1, -0.05) is 18.2 Å². The second-order valence-corrected chi connectivity index (χ2v) is 4.92. The predicted molar refractivity (Wildman–Crippen MR) is 73.7 cm³/mol. The number of ether oxygens (including phenoxy) is 2. The van der Waals surface area contributed by atoms with Crippen LogP contribution in [0.2, 0.25) is 0 Å². The van der Waals surface area contributed by atoms with Gasteiger partial charge in [0, 0.05) is 18.2 Å². The lowest BCUT2D eigenvalue weighted by Gasteiger charge is -2.32. The first-order valence-corrected chi connectivity index (χ1v) is 7.17. The number of nitrogens with zero attached hydrogens (tertiary/aromatic N) is 1. The fourth-order valence-electron chi connectivity index (χ4n) is 2.60. The second kappa shape index (κ2) is 8.41. The third-order valence-corrected chi connectivity index (χ3v) is 3.56. The third kappa shape index (κ3) is 4.46. The first kappa shape index (κ1) is 16.3. The molecular formula is C15H21FNO4. The lowest BCUT2D eigenvalue weighted by atomic mass is 10.0. The zero-order valence-electron chi connectivity index (χ0n) is 11.9. The van der Waals surface area contributed by atoms with Crippen LogP contribution in [-0.2, 0) is 14.6 Å². The van der Waals surface area contributed by atoms with Gasteiger partial charge in [0.15, 0.2) is 6.29 Å². The molecular weight excluding hydrogens is 277 g/mol. The summed E-state index contributed by atoms with van der Waals surface area (Å²) in [4.78, 5) is 1.85. The van der Waals surface area contributed by atoms with Crippen molar-refractivity contribution in [2.24, 2.45) is 0 Å². The van der Waals surface area contributed by atoms with E-state index in [1.54, 1.807) is 18.2 Å². The summed E-state index contributed by atoms with van der Waals surface area (Å²) in [7, 11) is 0. The van der Waals surface area contributed by atoms with Crippen LogP contribution in [0.5, 0.6) is 0 Å². The Bertz CT molecular complexity index is 426. The highest BCUT2D eigenvalue weighted by molar-refractivity contribution is 5.21. The van der Waals surface area contributed by atoms with Crippen LogP contribution in [0.3, 0.4) is 0 Å². The van der Waals surface area contributed by atoms with E-state index < -0.39 is 6.29 Å². The Hall–Kier alpha value is -1.05. The first-order valence-electron chi connectivity index (χ1n) is 7.17. The highest BCUT2D eigenvalue weighted by atomic mass is 19.1. The van der Waals surface area contributed by atoms with E-state index in [9.17, 15) is 14.6 Å².